The molecule has 154 valence electrons. The Balaban J connectivity index is 1.71. The van der Waals surface area contributed by atoms with Crippen LogP contribution in [0.3, 0.4) is 0 Å². The smallest absolute Gasteiger partial charge is 0.166 e. The van der Waals surface area contributed by atoms with Crippen LogP contribution in [0.1, 0.15) is 54.1 Å². The van der Waals surface area contributed by atoms with Crippen LogP contribution in [0.4, 0.5) is 4.39 Å². The van der Waals surface area contributed by atoms with Crippen molar-refractivity contribution in [3.63, 3.8) is 0 Å². The predicted octanol–water partition coefficient (Wildman–Crippen LogP) is 4.94. The van der Waals surface area contributed by atoms with E-state index in [1.807, 2.05) is 12.3 Å². The van der Waals surface area contributed by atoms with Crippen molar-refractivity contribution in [3.8, 4) is 0 Å². The number of carbonyl (C=O) groups excluding carboxylic acids is 1. The molecule has 0 spiro atoms. The van der Waals surface area contributed by atoms with Gasteiger partial charge in [0.25, 0.3) is 0 Å². The van der Waals surface area contributed by atoms with Crippen LogP contribution in [-0.2, 0) is 6.42 Å². The summed E-state index contributed by atoms with van der Waals surface area (Å²) >= 11 is 0. The fourth-order valence-electron chi connectivity index (χ4n) is 4.81. The highest BCUT2D eigenvalue weighted by atomic mass is 19.1. The number of nitrogens with zero attached hydrogens (tertiary/aromatic N) is 2. The molecular formula is C24H25FN4O. The van der Waals surface area contributed by atoms with Gasteiger partial charge in [-0.2, -0.15) is 0 Å². The van der Waals surface area contributed by atoms with Gasteiger partial charge in [-0.25, -0.2) is 9.37 Å². The minimum absolute atomic E-state index is 0.141. The Morgan fingerprint density at radius 3 is 2.83 bits per heavy atom. The number of para-hydroxylation sites is 1. The van der Waals surface area contributed by atoms with Crippen LogP contribution in [0.15, 0.2) is 42.6 Å². The molecule has 4 heterocycles. The maximum absolute atomic E-state index is 14.8. The third kappa shape index (κ3) is 3.12. The number of pyridine rings is 1. The van der Waals surface area contributed by atoms with Crippen molar-refractivity contribution in [2.45, 2.75) is 44.9 Å². The number of alkyl halides is 1. The summed E-state index contributed by atoms with van der Waals surface area (Å²) in [4.78, 5) is 24.6. The molecule has 2 N–H and O–H groups in total. The van der Waals surface area contributed by atoms with Crippen LogP contribution < -0.4 is 0 Å². The maximum Gasteiger partial charge on any atom is 0.166 e. The Hall–Kier alpha value is -2.99. The molecule has 1 aliphatic heterocycles. The SMILES string of the molecule is C[C@@H]1Cc2c([nH]c3ccccc23)[C@@H](c2cnc3[nH]c(C=O)cc3c2)N1CC(C)(C)F. The average molecular weight is 404 g/mol. The first-order chi connectivity index (χ1) is 14.3. The number of carbonyl (C=O) groups is 1. The van der Waals surface area contributed by atoms with Gasteiger partial charge >= 0.3 is 0 Å². The number of aromatic amines is 2. The fraction of sp³-hybridized carbons (Fsp3) is 0.333. The van der Waals surface area contributed by atoms with E-state index in [0.717, 1.165) is 34.9 Å². The summed E-state index contributed by atoms with van der Waals surface area (Å²) in [7, 11) is 0. The van der Waals surface area contributed by atoms with Crippen LogP contribution in [0, 0.1) is 0 Å². The van der Waals surface area contributed by atoms with Crippen molar-refractivity contribution in [2.75, 3.05) is 6.54 Å². The first-order valence-corrected chi connectivity index (χ1v) is 10.3. The second-order valence-electron chi connectivity index (χ2n) is 8.96. The van der Waals surface area contributed by atoms with Crippen LogP contribution in [0.5, 0.6) is 0 Å². The number of rotatable bonds is 4. The molecule has 3 aromatic heterocycles. The molecule has 6 heteroatoms. The van der Waals surface area contributed by atoms with Gasteiger partial charge in [0.15, 0.2) is 6.29 Å². The van der Waals surface area contributed by atoms with Gasteiger partial charge in [-0.1, -0.05) is 18.2 Å². The Bertz CT molecular complexity index is 1250. The Kier molecular flexibility index (Phi) is 4.29. The molecule has 5 nitrogen and oxygen atoms in total. The van der Waals surface area contributed by atoms with Crippen LogP contribution in [-0.4, -0.2) is 44.4 Å². The number of aldehydes is 1. The van der Waals surface area contributed by atoms with Crippen molar-refractivity contribution in [1.29, 1.82) is 0 Å². The molecule has 30 heavy (non-hydrogen) atoms. The number of nitrogens with one attached hydrogen (secondary N) is 2. The molecule has 4 aromatic rings. The molecular weight excluding hydrogens is 379 g/mol. The minimum Gasteiger partial charge on any atom is -0.357 e. The van der Waals surface area contributed by atoms with E-state index in [-0.39, 0.29) is 12.1 Å². The number of aromatic nitrogens is 3. The lowest BCUT2D eigenvalue weighted by Gasteiger charge is -2.42. The molecule has 0 saturated carbocycles. The van der Waals surface area contributed by atoms with E-state index in [1.54, 1.807) is 19.9 Å². The lowest BCUT2D eigenvalue weighted by atomic mass is 9.88. The normalized spacial score (nSPS) is 20.0. The summed E-state index contributed by atoms with van der Waals surface area (Å²) in [5.41, 5.74) is 4.33. The standard InChI is InChI=1S/C24H25FN4O/c1-14-8-19-18-6-4-5-7-20(18)28-21(19)22(29(14)13-24(2,3)25)16-9-15-10-17(12-30)27-23(15)26-11-16/h4-7,9-12,14,22,28H,8,13H2,1-3H3,(H,26,27)/t14-,22-/m1/s1. The monoisotopic (exact) mass is 404 g/mol. The first kappa shape index (κ1) is 19.0. The van der Waals surface area contributed by atoms with E-state index < -0.39 is 5.67 Å². The third-order valence-corrected chi connectivity index (χ3v) is 6.03. The molecule has 0 radical (unpaired) electrons. The van der Waals surface area contributed by atoms with Gasteiger partial charge in [0.2, 0.25) is 0 Å². The highest BCUT2D eigenvalue weighted by molar-refractivity contribution is 5.87. The van der Waals surface area contributed by atoms with E-state index >= 15 is 0 Å². The fourth-order valence-corrected chi connectivity index (χ4v) is 4.81. The lowest BCUT2D eigenvalue weighted by Crippen LogP contribution is -2.47. The molecule has 2 atom stereocenters. The molecule has 1 aromatic carbocycles. The van der Waals surface area contributed by atoms with Crippen molar-refractivity contribution in [3.05, 3.63) is 65.1 Å². The molecule has 1 aliphatic rings. The number of H-pyrrole nitrogens is 2. The second kappa shape index (κ2) is 6.77. The number of halogens is 1. The van der Waals surface area contributed by atoms with E-state index in [2.05, 4.69) is 51.0 Å². The zero-order valence-electron chi connectivity index (χ0n) is 17.4. The van der Waals surface area contributed by atoms with Crippen molar-refractivity contribution >= 4 is 28.2 Å². The quantitative estimate of drug-likeness (QED) is 0.474. The topological polar surface area (TPSA) is 64.8 Å². The Morgan fingerprint density at radius 2 is 2.07 bits per heavy atom. The minimum atomic E-state index is -1.33. The molecule has 0 bridgehead atoms. The second-order valence-corrected chi connectivity index (χ2v) is 8.96. The maximum atomic E-state index is 14.8. The van der Waals surface area contributed by atoms with E-state index in [9.17, 15) is 9.18 Å². The van der Waals surface area contributed by atoms with Gasteiger partial charge in [0.05, 0.1) is 11.7 Å². The number of fused-ring (bicyclic) bond motifs is 4. The van der Waals surface area contributed by atoms with E-state index in [4.69, 9.17) is 0 Å². The predicted molar refractivity (Wildman–Crippen MR) is 117 cm³/mol. The highest BCUT2D eigenvalue weighted by Crippen LogP contribution is 2.41. The number of hydrogen-bond acceptors (Lipinski definition) is 3. The highest BCUT2D eigenvalue weighted by Gasteiger charge is 2.38. The summed E-state index contributed by atoms with van der Waals surface area (Å²) in [5, 5.41) is 2.10. The molecule has 0 fully saturated rings. The summed E-state index contributed by atoms with van der Waals surface area (Å²) in [6.45, 7) is 5.73. The Labute approximate surface area is 174 Å². The van der Waals surface area contributed by atoms with Gasteiger partial charge in [-0.15, -0.1) is 0 Å². The van der Waals surface area contributed by atoms with Crippen molar-refractivity contribution in [2.24, 2.45) is 0 Å². The lowest BCUT2D eigenvalue weighted by molar-refractivity contribution is 0.0667. The zero-order valence-corrected chi connectivity index (χ0v) is 17.4. The largest absolute Gasteiger partial charge is 0.357 e. The van der Waals surface area contributed by atoms with Crippen molar-refractivity contribution in [1.82, 2.24) is 19.9 Å². The van der Waals surface area contributed by atoms with Gasteiger partial charge in [0, 0.05) is 40.8 Å². The van der Waals surface area contributed by atoms with Gasteiger partial charge < -0.3 is 9.97 Å². The number of hydrogen-bond donors (Lipinski definition) is 2. The zero-order chi connectivity index (χ0) is 21.0. The molecule has 0 saturated heterocycles. The van der Waals surface area contributed by atoms with E-state index in [0.29, 0.717) is 17.9 Å². The number of benzene rings is 1. The summed E-state index contributed by atoms with van der Waals surface area (Å²) in [6.07, 6.45) is 3.49. The van der Waals surface area contributed by atoms with Crippen LogP contribution >= 0.6 is 0 Å². The third-order valence-electron chi connectivity index (χ3n) is 6.03. The molecule has 0 aliphatic carbocycles. The Morgan fingerprint density at radius 1 is 1.27 bits per heavy atom. The van der Waals surface area contributed by atoms with Gasteiger partial charge in [-0.05, 0) is 56.5 Å². The van der Waals surface area contributed by atoms with Gasteiger partial charge in [-0.3, -0.25) is 9.69 Å². The average Bonchev–Trinajstić information content (AvgIpc) is 3.28. The summed E-state index contributed by atoms with van der Waals surface area (Å²) in [5.74, 6) is 0. The summed E-state index contributed by atoms with van der Waals surface area (Å²) < 4.78 is 14.8. The van der Waals surface area contributed by atoms with Gasteiger partial charge in [0.1, 0.15) is 11.3 Å². The molecule has 5 rings (SSSR count). The first-order valence-electron chi connectivity index (χ1n) is 10.3. The molecule has 0 amide bonds. The van der Waals surface area contributed by atoms with Crippen molar-refractivity contribution < 1.29 is 9.18 Å². The van der Waals surface area contributed by atoms with Crippen LogP contribution in [0.2, 0.25) is 0 Å². The summed E-state index contributed by atoms with van der Waals surface area (Å²) in [6, 6.07) is 12.2. The molecule has 0 unspecified atom stereocenters. The van der Waals surface area contributed by atoms with E-state index in [1.165, 1.54) is 10.9 Å². The van der Waals surface area contributed by atoms with Crippen LogP contribution in [0.25, 0.3) is 21.9 Å².